The van der Waals surface area contributed by atoms with Crippen molar-refractivity contribution in [1.82, 2.24) is 4.57 Å². The van der Waals surface area contributed by atoms with Crippen LogP contribution in [0.25, 0.3) is 94.3 Å². The lowest BCUT2D eigenvalue weighted by atomic mass is 9.33. The van der Waals surface area contributed by atoms with E-state index < -0.39 is 10.8 Å². The first-order valence-corrected chi connectivity index (χ1v) is 37.0. The molecule has 1 aromatic heterocycles. The molecular weight excluding hydrogens is 1250 g/mol. The highest BCUT2D eigenvalue weighted by Gasteiger charge is 2.56. The van der Waals surface area contributed by atoms with E-state index in [1.165, 1.54) is 150 Å². The fourth-order valence-corrected chi connectivity index (χ4v) is 20.1. The van der Waals surface area contributed by atoms with Crippen LogP contribution in [-0.4, -0.2) is 11.3 Å². The van der Waals surface area contributed by atoms with Gasteiger partial charge in [-0.15, -0.1) is 0 Å². The molecule has 0 fully saturated rings. The first-order chi connectivity index (χ1) is 50.9. The zero-order valence-corrected chi connectivity index (χ0v) is 59.1. The molecule has 3 nitrogen and oxygen atoms in total. The van der Waals surface area contributed by atoms with Crippen LogP contribution in [0.4, 0.5) is 34.1 Å². The van der Waals surface area contributed by atoms with E-state index in [2.05, 4.69) is 383 Å². The van der Waals surface area contributed by atoms with Gasteiger partial charge < -0.3 is 14.4 Å². The normalized spacial score (nSPS) is 14.5. The monoisotopic (exact) mass is 1330 g/mol. The maximum atomic E-state index is 2.73. The van der Waals surface area contributed by atoms with Gasteiger partial charge >= 0.3 is 0 Å². The second-order valence-corrected chi connectivity index (χ2v) is 31.8. The molecule has 0 saturated heterocycles. The molecular formula is C100H72BN3. The lowest BCUT2D eigenvalue weighted by Gasteiger charge is -2.46. The average Bonchev–Trinajstić information content (AvgIpc) is 1.52. The van der Waals surface area contributed by atoms with Crippen LogP contribution < -0.4 is 26.2 Å². The van der Waals surface area contributed by atoms with E-state index in [4.69, 9.17) is 0 Å². The van der Waals surface area contributed by atoms with E-state index in [1.54, 1.807) is 0 Å². The van der Waals surface area contributed by atoms with Gasteiger partial charge in [0.25, 0.3) is 6.71 Å². The lowest BCUT2D eigenvalue weighted by molar-refractivity contribution is 0.591. The molecule has 4 heteroatoms. The van der Waals surface area contributed by atoms with Crippen LogP contribution >= 0.6 is 0 Å². The average molecular weight is 1330 g/mol. The van der Waals surface area contributed by atoms with E-state index in [0.717, 1.165) is 50.7 Å². The quantitative estimate of drug-likeness (QED) is 0.159. The molecule has 0 bridgehead atoms. The van der Waals surface area contributed by atoms with Crippen molar-refractivity contribution in [2.75, 3.05) is 9.80 Å². The van der Waals surface area contributed by atoms with Crippen molar-refractivity contribution in [3.8, 4) is 72.4 Å². The SMILES string of the molecule is CC(C)(C)c1ccc2c3ccc(C(C)(C)C)cc3n(-c3cc4c5c(c3)N(c3ccccc3-c3ccccc3)c3cc6c(cc3B5c3cc5c(cc3N4c3ccccc3-c3ccccc3)-c3ccccc3C53c4ccccc4-c4ccccc43)C3(c4ccccc4-c4ccccc43)c3ccccc3-6)c2c1. The largest absolute Gasteiger partial charge is 0.311 e. The van der Waals surface area contributed by atoms with Gasteiger partial charge in [-0.3, -0.25) is 0 Å². The smallest absolute Gasteiger partial charge is 0.252 e. The van der Waals surface area contributed by atoms with Crippen LogP contribution in [0.2, 0.25) is 0 Å². The van der Waals surface area contributed by atoms with Crippen molar-refractivity contribution < 1.29 is 0 Å². The van der Waals surface area contributed by atoms with Crippen LogP contribution in [0.3, 0.4) is 0 Å². The van der Waals surface area contributed by atoms with E-state index in [1.807, 2.05) is 0 Å². The molecule has 0 unspecified atom stereocenters. The first kappa shape index (κ1) is 59.5. The molecule has 490 valence electrons. The Bertz CT molecular complexity index is 5940. The molecule has 15 aromatic carbocycles. The van der Waals surface area contributed by atoms with Crippen molar-refractivity contribution in [2.24, 2.45) is 0 Å². The summed E-state index contributed by atoms with van der Waals surface area (Å²) in [6, 6.07) is 127. The van der Waals surface area contributed by atoms with Crippen LogP contribution in [0.15, 0.2) is 328 Å². The third-order valence-electron chi connectivity index (χ3n) is 24.5. The summed E-state index contributed by atoms with van der Waals surface area (Å²) in [5.41, 5.74) is 40.8. The van der Waals surface area contributed by atoms with Gasteiger partial charge in [-0.05, 0) is 187 Å². The third-order valence-corrected chi connectivity index (χ3v) is 24.5. The summed E-state index contributed by atoms with van der Waals surface area (Å²) in [7, 11) is 0. The van der Waals surface area contributed by atoms with E-state index in [-0.39, 0.29) is 17.5 Å². The highest BCUT2D eigenvalue weighted by molar-refractivity contribution is 7.00. The van der Waals surface area contributed by atoms with Gasteiger partial charge in [0.2, 0.25) is 0 Å². The molecule has 0 atom stereocenters. The summed E-state index contributed by atoms with van der Waals surface area (Å²) in [4.78, 5) is 5.44. The molecule has 22 rings (SSSR count). The van der Waals surface area contributed by atoms with E-state index >= 15 is 0 Å². The maximum Gasteiger partial charge on any atom is 0.252 e. The number of benzene rings is 15. The first-order valence-electron chi connectivity index (χ1n) is 37.0. The highest BCUT2D eigenvalue weighted by Crippen LogP contribution is 2.66. The zero-order valence-electron chi connectivity index (χ0n) is 59.1. The van der Waals surface area contributed by atoms with Gasteiger partial charge in [-0.25, -0.2) is 0 Å². The summed E-state index contributed by atoms with van der Waals surface area (Å²) < 4.78 is 2.64. The van der Waals surface area contributed by atoms with Gasteiger partial charge in [-0.1, -0.05) is 321 Å². The number of anilines is 6. The van der Waals surface area contributed by atoms with Gasteiger partial charge in [0.05, 0.1) is 38.9 Å². The van der Waals surface area contributed by atoms with E-state index in [0.29, 0.717) is 0 Å². The molecule has 6 aliphatic rings. The van der Waals surface area contributed by atoms with Crippen molar-refractivity contribution in [3.63, 3.8) is 0 Å². The number of hydrogen-bond acceptors (Lipinski definition) is 2. The van der Waals surface area contributed by atoms with Crippen LogP contribution in [-0.2, 0) is 21.7 Å². The van der Waals surface area contributed by atoms with Crippen molar-refractivity contribution >= 4 is 79.0 Å². The third kappa shape index (κ3) is 7.77. The molecule has 16 aromatic rings. The second-order valence-electron chi connectivity index (χ2n) is 31.8. The van der Waals surface area contributed by atoms with Gasteiger partial charge in [0.15, 0.2) is 0 Å². The van der Waals surface area contributed by atoms with Crippen LogP contribution in [0, 0.1) is 0 Å². The summed E-state index contributed by atoms with van der Waals surface area (Å²) in [6.07, 6.45) is 0. The lowest BCUT2D eigenvalue weighted by Crippen LogP contribution is -2.62. The van der Waals surface area contributed by atoms with Gasteiger partial charge in [0, 0.05) is 44.6 Å². The van der Waals surface area contributed by atoms with Gasteiger partial charge in [0.1, 0.15) is 0 Å². The standard InChI is InChI=1S/C100H72BN3/c1-97(2,3)63-49-51-74-75-52-50-64(98(4,5)6)54-91(75)102(90(74)53-63)65-55-94-96-95(56-65)104(89-48-28-20-34-67(89)62-31-11-8-12-32-62)93-58-77-73-40-18-26-46-83(73)100(80-43-23-15-37-70(80)71-38-16-24-44-81(71)100)85(77)60-87(93)101(96)86-59-84-76(57-92(86)103(94)88-47-27-19-33-66(88)61-29-9-7-10-30-61)72-39-17-25-45-82(72)99(84)78-41-21-13-35-68(78)69-36-14-22-42-79(69)99/h7-60H,1-6H3. The Labute approximate surface area is 608 Å². The minimum atomic E-state index is -0.610. The molecule has 104 heavy (non-hydrogen) atoms. The predicted octanol–water partition coefficient (Wildman–Crippen LogP) is 23.5. The Hall–Kier alpha value is -12.2. The zero-order chi connectivity index (χ0) is 69.3. The Balaban J connectivity index is 0.949. The summed E-state index contributed by atoms with van der Waals surface area (Å²) in [6.45, 7) is 13.8. The molecule has 0 N–H and O–H groups in total. The number of nitrogens with zero attached hydrogens (tertiary/aromatic N) is 3. The topological polar surface area (TPSA) is 11.4 Å². The minimum Gasteiger partial charge on any atom is -0.311 e. The minimum absolute atomic E-state index is 0.120. The number of para-hydroxylation sites is 2. The maximum absolute atomic E-state index is 2.73. The Morgan fingerprint density at radius 2 is 0.558 bits per heavy atom. The highest BCUT2D eigenvalue weighted by atomic mass is 15.2. The number of fused-ring (bicyclic) bond motifs is 27. The molecule has 3 heterocycles. The summed E-state index contributed by atoms with van der Waals surface area (Å²) >= 11 is 0. The molecule has 0 amide bonds. The van der Waals surface area contributed by atoms with Crippen molar-refractivity contribution in [2.45, 2.75) is 63.2 Å². The summed E-state index contributed by atoms with van der Waals surface area (Å²) in [5, 5.41) is 2.48. The second kappa shape index (κ2) is 21.2. The predicted molar refractivity (Wildman–Crippen MR) is 436 cm³/mol. The van der Waals surface area contributed by atoms with Crippen molar-refractivity contribution in [3.05, 3.63) is 383 Å². The molecule has 2 aliphatic heterocycles. The summed E-state index contributed by atoms with van der Waals surface area (Å²) in [5.74, 6) is 0. The molecule has 0 radical (unpaired) electrons. The van der Waals surface area contributed by atoms with Crippen LogP contribution in [0.5, 0.6) is 0 Å². The Kier molecular flexibility index (Phi) is 12.1. The number of aromatic nitrogens is 1. The number of rotatable bonds is 5. The molecule has 4 aliphatic carbocycles. The van der Waals surface area contributed by atoms with Gasteiger partial charge in [-0.2, -0.15) is 0 Å². The Morgan fingerprint density at radius 1 is 0.250 bits per heavy atom. The molecule has 2 spiro atoms. The molecule has 0 saturated carbocycles. The van der Waals surface area contributed by atoms with Crippen molar-refractivity contribution in [1.29, 1.82) is 0 Å². The number of hydrogen-bond donors (Lipinski definition) is 0. The Morgan fingerprint density at radius 3 is 0.904 bits per heavy atom. The van der Waals surface area contributed by atoms with E-state index in [9.17, 15) is 0 Å². The fourth-order valence-electron chi connectivity index (χ4n) is 20.1. The van der Waals surface area contributed by atoms with Crippen LogP contribution in [0.1, 0.15) is 97.2 Å². The fraction of sp³-hybridized carbons (Fsp3) is 0.100.